The molecule has 1 unspecified atom stereocenters. The summed E-state index contributed by atoms with van der Waals surface area (Å²) in [6.45, 7) is 3.57. The predicted molar refractivity (Wildman–Crippen MR) is 170 cm³/mol. The normalized spacial score (nSPS) is 12.8. The second kappa shape index (κ2) is 29.6. The number of phosphoric acid groups is 1. The maximum absolute atomic E-state index is 12.3. The lowest BCUT2D eigenvalue weighted by atomic mass is 10.1. The third-order valence-corrected chi connectivity index (χ3v) is 7.41. The summed E-state index contributed by atoms with van der Waals surface area (Å²) < 4.78 is 26.1. The van der Waals surface area contributed by atoms with E-state index in [-0.39, 0.29) is 19.4 Å². The lowest BCUT2D eigenvalue weighted by Crippen LogP contribution is -2.29. The van der Waals surface area contributed by atoms with E-state index in [4.69, 9.17) is 19.3 Å². The fraction of sp³-hybridized carbons (Fsp3) is 0.818. The molecule has 0 spiro atoms. The van der Waals surface area contributed by atoms with Gasteiger partial charge in [-0.15, -0.1) is 0 Å². The number of hydrogen-bond acceptors (Lipinski definition) is 6. The molecule has 0 heterocycles. The van der Waals surface area contributed by atoms with Crippen LogP contribution in [-0.2, 0) is 28.2 Å². The van der Waals surface area contributed by atoms with Gasteiger partial charge in [0, 0.05) is 12.8 Å². The SMILES string of the molecule is CCC/C=C\CCCCCCCC(=O)OCC(COP(=O)(O)O)OC(=O)CCCCCCC/C=C\CCCCCCC. The van der Waals surface area contributed by atoms with Gasteiger partial charge in [-0.1, -0.05) is 109 Å². The first kappa shape index (κ1) is 40.5. The first-order chi connectivity index (χ1) is 20.3. The van der Waals surface area contributed by atoms with Gasteiger partial charge in [0.1, 0.15) is 6.61 Å². The van der Waals surface area contributed by atoms with Crippen molar-refractivity contribution >= 4 is 19.8 Å². The molecule has 0 aliphatic heterocycles. The van der Waals surface area contributed by atoms with Gasteiger partial charge in [0.15, 0.2) is 6.10 Å². The fourth-order valence-electron chi connectivity index (χ4n) is 4.43. The monoisotopic (exact) mass is 616 g/mol. The Labute approximate surface area is 256 Å². The summed E-state index contributed by atoms with van der Waals surface area (Å²) in [4.78, 5) is 42.4. The van der Waals surface area contributed by atoms with Crippen LogP contribution in [0.3, 0.4) is 0 Å². The highest BCUT2D eigenvalue weighted by molar-refractivity contribution is 7.46. The van der Waals surface area contributed by atoms with Crippen LogP contribution in [0.2, 0.25) is 0 Å². The molecule has 0 rings (SSSR count). The van der Waals surface area contributed by atoms with Crippen molar-refractivity contribution in [3.05, 3.63) is 24.3 Å². The molecule has 0 aromatic carbocycles. The number of ether oxygens (including phenoxy) is 2. The Hall–Kier alpha value is -1.47. The van der Waals surface area contributed by atoms with Gasteiger partial charge in [-0.2, -0.15) is 0 Å². The summed E-state index contributed by atoms with van der Waals surface area (Å²) in [7, 11) is -4.74. The van der Waals surface area contributed by atoms with Gasteiger partial charge in [-0.25, -0.2) is 4.57 Å². The molecule has 0 bridgehead atoms. The Morgan fingerprint density at radius 2 is 1.05 bits per heavy atom. The zero-order valence-corrected chi connectivity index (χ0v) is 27.5. The average molecular weight is 617 g/mol. The molecule has 0 aliphatic carbocycles. The van der Waals surface area contributed by atoms with Crippen molar-refractivity contribution in [1.82, 2.24) is 0 Å². The molecule has 0 saturated carbocycles. The molecule has 0 saturated heterocycles. The number of carbonyl (C=O) groups is 2. The number of hydrogen-bond donors (Lipinski definition) is 2. The Morgan fingerprint density at radius 1 is 0.595 bits per heavy atom. The van der Waals surface area contributed by atoms with Gasteiger partial charge in [-0.05, 0) is 57.8 Å². The third kappa shape index (κ3) is 31.5. The predicted octanol–water partition coefficient (Wildman–Crippen LogP) is 9.29. The summed E-state index contributed by atoms with van der Waals surface area (Å²) in [6.07, 6.45) is 30.5. The molecule has 1 atom stereocenters. The van der Waals surface area contributed by atoms with E-state index in [0.717, 1.165) is 70.6 Å². The second-order valence-corrected chi connectivity index (χ2v) is 12.4. The van der Waals surface area contributed by atoms with Gasteiger partial charge in [-0.3, -0.25) is 14.1 Å². The molecule has 0 fully saturated rings. The van der Waals surface area contributed by atoms with Crippen LogP contribution < -0.4 is 0 Å². The van der Waals surface area contributed by atoms with Gasteiger partial charge >= 0.3 is 19.8 Å². The summed E-state index contributed by atoms with van der Waals surface area (Å²) in [6, 6.07) is 0. The molecule has 0 radical (unpaired) electrons. The molecule has 246 valence electrons. The smallest absolute Gasteiger partial charge is 0.462 e. The van der Waals surface area contributed by atoms with Crippen LogP contribution in [0, 0.1) is 0 Å². The highest BCUT2D eigenvalue weighted by atomic mass is 31.2. The summed E-state index contributed by atoms with van der Waals surface area (Å²) >= 11 is 0. The van der Waals surface area contributed by atoms with Crippen LogP contribution in [0.1, 0.15) is 155 Å². The van der Waals surface area contributed by atoms with Crippen molar-refractivity contribution in [3.63, 3.8) is 0 Å². The van der Waals surface area contributed by atoms with E-state index in [1.807, 2.05) is 0 Å². The maximum Gasteiger partial charge on any atom is 0.469 e. The van der Waals surface area contributed by atoms with Crippen molar-refractivity contribution in [2.24, 2.45) is 0 Å². The van der Waals surface area contributed by atoms with E-state index in [0.29, 0.717) is 12.8 Å². The highest BCUT2D eigenvalue weighted by Gasteiger charge is 2.22. The van der Waals surface area contributed by atoms with Gasteiger partial charge in [0.2, 0.25) is 0 Å². The second-order valence-electron chi connectivity index (χ2n) is 11.1. The molecular weight excluding hydrogens is 555 g/mol. The Morgan fingerprint density at radius 3 is 1.55 bits per heavy atom. The van der Waals surface area contributed by atoms with Gasteiger partial charge in [0.25, 0.3) is 0 Å². The number of phosphoric ester groups is 1. The first-order valence-corrected chi connectivity index (χ1v) is 18.2. The number of rotatable bonds is 30. The van der Waals surface area contributed by atoms with Crippen LogP contribution in [0.5, 0.6) is 0 Å². The van der Waals surface area contributed by atoms with E-state index < -0.39 is 32.5 Å². The minimum Gasteiger partial charge on any atom is -0.462 e. The zero-order valence-electron chi connectivity index (χ0n) is 26.6. The minimum atomic E-state index is -4.74. The minimum absolute atomic E-state index is 0.201. The number of unbranched alkanes of at least 4 members (excludes halogenated alkanes) is 16. The van der Waals surface area contributed by atoms with Gasteiger partial charge < -0.3 is 19.3 Å². The van der Waals surface area contributed by atoms with Crippen LogP contribution >= 0.6 is 7.82 Å². The Kier molecular flexibility index (Phi) is 28.6. The molecule has 0 aliphatic rings. The number of carbonyl (C=O) groups excluding carboxylic acids is 2. The molecule has 0 amide bonds. The molecule has 0 aromatic rings. The first-order valence-electron chi connectivity index (χ1n) is 16.6. The van der Waals surface area contributed by atoms with Crippen LogP contribution in [0.4, 0.5) is 0 Å². The molecule has 42 heavy (non-hydrogen) atoms. The van der Waals surface area contributed by atoms with E-state index >= 15 is 0 Å². The maximum atomic E-state index is 12.3. The Balaban J connectivity index is 4.04. The zero-order chi connectivity index (χ0) is 31.2. The summed E-state index contributed by atoms with van der Waals surface area (Å²) in [5.41, 5.74) is 0. The van der Waals surface area contributed by atoms with Crippen molar-refractivity contribution in [2.45, 2.75) is 161 Å². The largest absolute Gasteiger partial charge is 0.469 e. The number of esters is 2. The van der Waals surface area contributed by atoms with E-state index in [1.54, 1.807) is 0 Å². The Bertz CT molecular complexity index is 746. The van der Waals surface area contributed by atoms with Crippen molar-refractivity contribution in [3.8, 4) is 0 Å². The highest BCUT2D eigenvalue weighted by Crippen LogP contribution is 2.35. The van der Waals surface area contributed by atoms with Crippen LogP contribution in [0.25, 0.3) is 0 Å². The van der Waals surface area contributed by atoms with E-state index in [2.05, 4.69) is 42.7 Å². The van der Waals surface area contributed by atoms with Crippen LogP contribution in [0.15, 0.2) is 24.3 Å². The standard InChI is InChI=1S/C33H61O8P/c1-3-5-7-9-11-13-15-16-17-18-20-22-24-26-28-33(35)41-31(30-40-42(36,37)38)29-39-32(34)27-25-23-21-19-14-12-10-8-6-4-2/h8,10,15-16,31H,3-7,9,11-14,17-30H2,1-2H3,(H2,36,37,38)/b10-8-,16-15-. The molecule has 9 heteroatoms. The fourth-order valence-corrected chi connectivity index (χ4v) is 4.79. The topological polar surface area (TPSA) is 119 Å². The lowest BCUT2D eigenvalue weighted by Gasteiger charge is -2.18. The molecule has 2 N–H and O–H groups in total. The van der Waals surface area contributed by atoms with Crippen molar-refractivity contribution < 1.29 is 37.9 Å². The molecule has 8 nitrogen and oxygen atoms in total. The van der Waals surface area contributed by atoms with Crippen LogP contribution in [-0.4, -0.2) is 41.0 Å². The molecular formula is C33H61O8P. The quantitative estimate of drug-likeness (QED) is 0.0355. The van der Waals surface area contributed by atoms with E-state index in [1.165, 1.54) is 44.9 Å². The lowest BCUT2D eigenvalue weighted by molar-refractivity contribution is -0.161. The van der Waals surface area contributed by atoms with Gasteiger partial charge in [0.05, 0.1) is 6.61 Å². The average Bonchev–Trinajstić information content (AvgIpc) is 2.95. The van der Waals surface area contributed by atoms with E-state index in [9.17, 15) is 14.2 Å². The molecule has 0 aromatic heterocycles. The van der Waals surface area contributed by atoms with Crippen molar-refractivity contribution in [1.29, 1.82) is 0 Å². The third-order valence-electron chi connectivity index (χ3n) is 6.92. The summed E-state index contributed by atoms with van der Waals surface area (Å²) in [5.74, 6) is -0.909. The summed E-state index contributed by atoms with van der Waals surface area (Å²) in [5, 5.41) is 0. The van der Waals surface area contributed by atoms with Crippen molar-refractivity contribution in [2.75, 3.05) is 13.2 Å². The number of allylic oxidation sites excluding steroid dienone is 4.